The SMILES string of the molecule is CC[C@@H](C)C/C(=N\NC(N)=O)C(C)C. The quantitative estimate of drug-likeness (QED) is 0.516. The smallest absolute Gasteiger partial charge is 0.332 e. The number of nitrogens with one attached hydrogen (secondary N) is 1. The van der Waals surface area contributed by atoms with E-state index in [0.717, 1.165) is 18.6 Å². The zero-order valence-corrected chi connectivity index (χ0v) is 9.50. The van der Waals surface area contributed by atoms with Crippen molar-refractivity contribution < 1.29 is 4.79 Å². The van der Waals surface area contributed by atoms with Gasteiger partial charge in [-0.3, -0.25) is 0 Å². The largest absolute Gasteiger partial charge is 0.350 e. The van der Waals surface area contributed by atoms with Gasteiger partial charge in [-0.2, -0.15) is 5.10 Å². The van der Waals surface area contributed by atoms with E-state index in [-0.39, 0.29) is 0 Å². The van der Waals surface area contributed by atoms with Crippen LogP contribution in [0.2, 0.25) is 0 Å². The molecule has 0 saturated heterocycles. The first-order valence-electron chi connectivity index (χ1n) is 5.09. The average Bonchev–Trinajstić information content (AvgIpc) is 2.10. The highest BCUT2D eigenvalue weighted by Crippen LogP contribution is 2.12. The maximum atomic E-state index is 10.5. The van der Waals surface area contributed by atoms with E-state index in [2.05, 4.69) is 38.2 Å². The number of carbonyl (C=O) groups is 1. The molecular weight excluding hydrogens is 178 g/mol. The van der Waals surface area contributed by atoms with Gasteiger partial charge >= 0.3 is 6.03 Å². The second-order valence-corrected chi connectivity index (χ2v) is 3.95. The molecule has 0 aliphatic rings. The molecule has 0 fully saturated rings. The lowest BCUT2D eigenvalue weighted by Gasteiger charge is -2.13. The van der Waals surface area contributed by atoms with Crippen LogP contribution >= 0.6 is 0 Å². The van der Waals surface area contributed by atoms with Crippen molar-refractivity contribution in [2.24, 2.45) is 22.7 Å². The average molecular weight is 199 g/mol. The Hall–Kier alpha value is -1.06. The minimum atomic E-state index is -0.604. The van der Waals surface area contributed by atoms with Crippen LogP contribution in [0.3, 0.4) is 0 Å². The van der Waals surface area contributed by atoms with Gasteiger partial charge in [0, 0.05) is 5.71 Å². The molecular formula is C10H21N3O. The summed E-state index contributed by atoms with van der Waals surface area (Å²) < 4.78 is 0. The van der Waals surface area contributed by atoms with Crippen LogP contribution in [0.5, 0.6) is 0 Å². The molecule has 0 spiro atoms. The number of rotatable bonds is 5. The van der Waals surface area contributed by atoms with Crippen LogP contribution in [-0.4, -0.2) is 11.7 Å². The standard InChI is InChI=1S/C10H21N3O/c1-5-8(4)6-9(7(2)3)12-13-10(11)14/h7-8H,5-6H2,1-4H3,(H3,11,13,14)/b12-9+/t8-/m1/s1. The van der Waals surface area contributed by atoms with Gasteiger partial charge in [-0.15, -0.1) is 0 Å². The van der Waals surface area contributed by atoms with Crippen LogP contribution in [0.15, 0.2) is 5.10 Å². The Kier molecular flexibility index (Phi) is 5.92. The number of hydrazone groups is 1. The Morgan fingerprint density at radius 1 is 1.43 bits per heavy atom. The first-order chi connectivity index (χ1) is 6.47. The lowest BCUT2D eigenvalue weighted by molar-refractivity contribution is 0.249. The minimum Gasteiger partial charge on any atom is -0.350 e. The van der Waals surface area contributed by atoms with Crippen molar-refractivity contribution in [1.82, 2.24) is 5.43 Å². The highest BCUT2D eigenvalue weighted by atomic mass is 16.2. The molecule has 0 radical (unpaired) electrons. The number of primary amides is 1. The molecule has 2 amide bonds. The maximum absolute atomic E-state index is 10.5. The lowest BCUT2D eigenvalue weighted by atomic mass is 9.95. The maximum Gasteiger partial charge on any atom is 0.332 e. The topological polar surface area (TPSA) is 67.5 Å². The normalized spacial score (nSPS) is 14.2. The number of amides is 2. The molecule has 0 aliphatic heterocycles. The predicted octanol–water partition coefficient (Wildman–Crippen LogP) is 2.10. The van der Waals surface area contributed by atoms with Gasteiger partial charge in [-0.1, -0.05) is 34.1 Å². The summed E-state index contributed by atoms with van der Waals surface area (Å²) in [4.78, 5) is 10.5. The fourth-order valence-corrected chi connectivity index (χ4v) is 1.04. The summed E-state index contributed by atoms with van der Waals surface area (Å²) in [5.74, 6) is 0.932. The minimum absolute atomic E-state index is 0.343. The van der Waals surface area contributed by atoms with Gasteiger partial charge in [0.1, 0.15) is 0 Å². The van der Waals surface area contributed by atoms with E-state index in [1.807, 2.05) is 0 Å². The summed E-state index contributed by atoms with van der Waals surface area (Å²) in [6, 6.07) is -0.604. The van der Waals surface area contributed by atoms with Crippen LogP contribution in [0, 0.1) is 11.8 Å². The third-order valence-electron chi connectivity index (χ3n) is 2.23. The summed E-state index contributed by atoms with van der Waals surface area (Å²) in [5.41, 5.74) is 8.23. The molecule has 0 aliphatic carbocycles. The summed E-state index contributed by atoms with van der Waals surface area (Å²) in [6.45, 7) is 8.43. The van der Waals surface area contributed by atoms with Gasteiger partial charge in [0.15, 0.2) is 0 Å². The summed E-state index contributed by atoms with van der Waals surface area (Å²) in [6.07, 6.45) is 2.02. The number of carbonyl (C=O) groups excluding carboxylic acids is 1. The van der Waals surface area contributed by atoms with Crippen LogP contribution in [0.1, 0.15) is 40.5 Å². The second kappa shape index (κ2) is 6.40. The fraction of sp³-hybridized carbons (Fsp3) is 0.800. The van der Waals surface area contributed by atoms with Crippen LogP contribution < -0.4 is 11.2 Å². The Balaban J connectivity index is 4.28. The van der Waals surface area contributed by atoms with Gasteiger partial charge in [-0.25, -0.2) is 10.2 Å². The molecule has 3 N–H and O–H groups in total. The summed E-state index contributed by atoms with van der Waals surface area (Å²) in [7, 11) is 0. The molecule has 0 heterocycles. The molecule has 0 rings (SSSR count). The van der Waals surface area contributed by atoms with Crippen LogP contribution in [-0.2, 0) is 0 Å². The van der Waals surface area contributed by atoms with Crippen molar-refractivity contribution in [2.75, 3.05) is 0 Å². The van der Waals surface area contributed by atoms with E-state index in [4.69, 9.17) is 5.73 Å². The molecule has 0 aromatic rings. The molecule has 4 nitrogen and oxygen atoms in total. The molecule has 0 saturated carbocycles. The van der Waals surface area contributed by atoms with Crippen molar-refractivity contribution in [3.05, 3.63) is 0 Å². The molecule has 4 heteroatoms. The van der Waals surface area contributed by atoms with E-state index in [1.165, 1.54) is 0 Å². The Morgan fingerprint density at radius 2 is 2.00 bits per heavy atom. The molecule has 0 aromatic carbocycles. The monoisotopic (exact) mass is 199 g/mol. The van der Waals surface area contributed by atoms with Crippen molar-refractivity contribution in [3.8, 4) is 0 Å². The van der Waals surface area contributed by atoms with Crippen LogP contribution in [0.4, 0.5) is 4.79 Å². The Labute approximate surface area is 85.9 Å². The van der Waals surface area contributed by atoms with Gasteiger partial charge in [-0.05, 0) is 18.3 Å². The number of urea groups is 1. The van der Waals surface area contributed by atoms with Gasteiger partial charge in [0.05, 0.1) is 0 Å². The van der Waals surface area contributed by atoms with Crippen molar-refractivity contribution in [3.63, 3.8) is 0 Å². The van der Waals surface area contributed by atoms with Crippen molar-refractivity contribution >= 4 is 11.7 Å². The first-order valence-corrected chi connectivity index (χ1v) is 5.09. The third-order valence-corrected chi connectivity index (χ3v) is 2.23. The highest BCUT2D eigenvalue weighted by molar-refractivity contribution is 5.87. The zero-order chi connectivity index (χ0) is 11.1. The van der Waals surface area contributed by atoms with Gasteiger partial charge in [0.25, 0.3) is 0 Å². The molecule has 82 valence electrons. The third kappa shape index (κ3) is 5.56. The van der Waals surface area contributed by atoms with Gasteiger partial charge < -0.3 is 5.73 Å². The van der Waals surface area contributed by atoms with E-state index in [0.29, 0.717) is 11.8 Å². The second-order valence-electron chi connectivity index (χ2n) is 3.95. The molecule has 14 heavy (non-hydrogen) atoms. The van der Waals surface area contributed by atoms with E-state index >= 15 is 0 Å². The number of hydrogen-bond acceptors (Lipinski definition) is 2. The number of hydrogen-bond donors (Lipinski definition) is 2. The van der Waals surface area contributed by atoms with E-state index in [9.17, 15) is 4.79 Å². The predicted molar refractivity (Wildman–Crippen MR) is 59.1 cm³/mol. The number of nitrogens with zero attached hydrogens (tertiary/aromatic N) is 1. The zero-order valence-electron chi connectivity index (χ0n) is 9.50. The lowest BCUT2D eigenvalue weighted by Crippen LogP contribution is -2.27. The van der Waals surface area contributed by atoms with Crippen LogP contribution in [0.25, 0.3) is 0 Å². The fourth-order valence-electron chi connectivity index (χ4n) is 1.04. The first kappa shape index (κ1) is 12.9. The van der Waals surface area contributed by atoms with Gasteiger partial charge in [0.2, 0.25) is 0 Å². The Morgan fingerprint density at radius 3 is 2.36 bits per heavy atom. The van der Waals surface area contributed by atoms with E-state index < -0.39 is 6.03 Å². The van der Waals surface area contributed by atoms with Crippen molar-refractivity contribution in [1.29, 1.82) is 0 Å². The molecule has 1 atom stereocenters. The summed E-state index contributed by atoms with van der Waals surface area (Å²) in [5, 5.41) is 4.00. The molecule has 0 unspecified atom stereocenters. The van der Waals surface area contributed by atoms with E-state index in [1.54, 1.807) is 0 Å². The molecule has 0 aromatic heterocycles. The van der Waals surface area contributed by atoms with Crippen molar-refractivity contribution in [2.45, 2.75) is 40.5 Å². The molecule has 0 bridgehead atoms. The Bertz CT molecular complexity index is 211. The highest BCUT2D eigenvalue weighted by Gasteiger charge is 2.09. The summed E-state index contributed by atoms with van der Waals surface area (Å²) >= 11 is 0. The number of nitrogens with two attached hydrogens (primary N) is 1.